The second-order valence-electron chi connectivity index (χ2n) is 2.35. The molecule has 0 aliphatic carbocycles. The number of hydrogen-bond donors (Lipinski definition) is 2. The third-order valence-corrected chi connectivity index (χ3v) is 1.55. The first-order chi connectivity index (χ1) is 5.77. The normalized spacial score (nSPS) is 10.4. The Morgan fingerprint density at radius 1 is 1.50 bits per heavy atom. The van der Waals surface area contributed by atoms with E-state index in [1.54, 1.807) is 6.07 Å². The summed E-state index contributed by atoms with van der Waals surface area (Å²) in [5.74, 6) is -0.995. The van der Waals surface area contributed by atoms with Crippen molar-refractivity contribution in [2.45, 2.75) is 0 Å². The van der Waals surface area contributed by atoms with E-state index >= 15 is 0 Å². The number of phenols is 1. The van der Waals surface area contributed by atoms with E-state index < -0.39 is 5.82 Å². The number of nitrogens with zero attached hydrogens (tertiary/aromatic N) is 2. The molecule has 2 N–H and O–H groups in total. The van der Waals surface area contributed by atoms with E-state index in [4.69, 9.17) is 5.11 Å². The molecule has 5 heteroatoms. The molecule has 0 aliphatic heterocycles. The second kappa shape index (κ2) is 2.37. The van der Waals surface area contributed by atoms with E-state index in [2.05, 4.69) is 10.3 Å². The Labute approximate surface area is 67.2 Å². The molecule has 1 aromatic carbocycles. The van der Waals surface area contributed by atoms with Crippen molar-refractivity contribution in [1.29, 1.82) is 0 Å². The highest BCUT2D eigenvalue weighted by atomic mass is 19.1. The van der Waals surface area contributed by atoms with Gasteiger partial charge in [-0.2, -0.15) is 0 Å². The fraction of sp³-hybridized carbons (Fsp3) is 0. The summed E-state index contributed by atoms with van der Waals surface area (Å²) in [5.41, 5.74) is 0.598. The lowest BCUT2D eigenvalue weighted by Crippen LogP contribution is -2.07. The predicted octanol–water partition coefficient (Wildman–Crippen LogP) is 1.05. The summed E-state index contributed by atoms with van der Waals surface area (Å²) in [4.78, 5) is 0. The topological polar surface area (TPSA) is 53.8 Å². The number of phenolic OH excluding ortho intramolecular Hbond substituents is 1. The summed E-state index contributed by atoms with van der Waals surface area (Å²) in [5, 5.41) is 15.0. The van der Waals surface area contributed by atoms with Crippen LogP contribution in [0.2, 0.25) is 0 Å². The van der Waals surface area contributed by atoms with E-state index in [1.165, 1.54) is 23.1 Å². The van der Waals surface area contributed by atoms with Gasteiger partial charge < -0.3 is 5.11 Å². The van der Waals surface area contributed by atoms with Gasteiger partial charge in [-0.05, 0) is 12.1 Å². The maximum absolute atomic E-state index is 12.8. The van der Waals surface area contributed by atoms with Crippen LogP contribution in [-0.2, 0) is 0 Å². The SMILES string of the molecule is Oc1ccc(-n2cn[nH]2)cc1F. The largest absolute Gasteiger partial charge is 0.505 e. The number of nitrogens with one attached hydrogen (secondary N) is 1. The molecule has 0 aliphatic rings. The highest BCUT2D eigenvalue weighted by Gasteiger charge is 2.03. The molecule has 0 atom stereocenters. The number of rotatable bonds is 1. The van der Waals surface area contributed by atoms with Gasteiger partial charge in [-0.25, -0.2) is 14.3 Å². The summed E-state index contributed by atoms with van der Waals surface area (Å²) >= 11 is 0. The van der Waals surface area contributed by atoms with Crippen molar-refractivity contribution < 1.29 is 9.50 Å². The molecule has 0 unspecified atom stereocenters. The van der Waals surface area contributed by atoms with Crippen molar-refractivity contribution in [2.75, 3.05) is 0 Å². The molecule has 4 nitrogen and oxygen atoms in total. The van der Waals surface area contributed by atoms with Gasteiger partial charge in [-0.1, -0.05) is 0 Å². The first-order valence-electron chi connectivity index (χ1n) is 3.34. The minimum absolute atomic E-state index is 0.351. The summed E-state index contributed by atoms with van der Waals surface area (Å²) < 4.78 is 14.3. The molecular weight excluding hydrogens is 161 g/mol. The molecule has 2 rings (SSSR count). The third kappa shape index (κ3) is 0.952. The Morgan fingerprint density at radius 2 is 2.25 bits per heavy atom. The van der Waals surface area contributed by atoms with Crippen LogP contribution in [0.5, 0.6) is 5.75 Å². The summed E-state index contributed by atoms with van der Waals surface area (Å²) in [6.45, 7) is 0. The lowest BCUT2D eigenvalue weighted by molar-refractivity contribution is 0.431. The van der Waals surface area contributed by atoms with Crippen LogP contribution >= 0.6 is 0 Å². The number of hydrogen-bond acceptors (Lipinski definition) is 2. The van der Waals surface area contributed by atoms with Crippen LogP contribution < -0.4 is 0 Å². The lowest BCUT2D eigenvalue weighted by atomic mass is 10.3. The predicted molar refractivity (Wildman–Crippen MR) is 39.5 cm³/mol. The molecule has 0 saturated heterocycles. The van der Waals surface area contributed by atoms with Crippen molar-refractivity contribution >= 4 is 0 Å². The standard InChI is InChI=1S/C7H6FN3O/c8-6-3-5(1-2-7(6)12)11-4-9-10-11/h1-4,10,12H. The molecule has 0 amide bonds. The van der Waals surface area contributed by atoms with Gasteiger partial charge in [0.25, 0.3) is 0 Å². The molecule has 0 fully saturated rings. The average molecular weight is 167 g/mol. The van der Waals surface area contributed by atoms with E-state index in [0.29, 0.717) is 5.69 Å². The third-order valence-electron chi connectivity index (χ3n) is 1.55. The molecule has 0 radical (unpaired) electrons. The Kier molecular flexibility index (Phi) is 1.36. The minimum Gasteiger partial charge on any atom is -0.505 e. The zero-order chi connectivity index (χ0) is 8.55. The van der Waals surface area contributed by atoms with E-state index in [0.717, 1.165) is 0 Å². The van der Waals surface area contributed by atoms with Gasteiger partial charge in [0.1, 0.15) is 6.33 Å². The molecule has 0 spiro atoms. The van der Waals surface area contributed by atoms with Crippen LogP contribution in [0.4, 0.5) is 4.39 Å². The number of aromatic amines is 1. The zero-order valence-corrected chi connectivity index (χ0v) is 6.03. The van der Waals surface area contributed by atoms with Crippen molar-refractivity contribution in [3.05, 3.63) is 30.3 Å². The number of halogens is 1. The Bertz CT molecular complexity index is 384. The highest BCUT2D eigenvalue weighted by Crippen LogP contribution is 2.17. The second-order valence-corrected chi connectivity index (χ2v) is 2.35. The Hall–Kier alpha value is -1.78. The molecule has 62 valence electrons. The lowest BCUT2D eigenvalue weighted by Gasteiger charge is -2.07. The molecule has 1 aromatic heterocycles. The molecular formula is C7H6FN3O. The Balaban J connectivity index is 2.45. The number of aromatic nitrogens is 3. The summed E-state index contributed by atoms with van der Waals surface area (Å²) in [6.07, 6.45) is 1.51. The van der Waals surface area contributed by atoms with Gasteiger partial charge in [0.05, 0.1) is 5.69 Å². The monoisotopic (exact) mass is 167 g/mol. The van der Waals surface area contributed by atoms with Crippen LogP contribution in [0.1, 0.15) is 0 Å². The minimum atomic E-state index is -0.644. The first-order valence-corrected chi connectivity index (χ1v) is 3.34. The van der Waals surface area contributed by atoms with Crippen LogP contribution in [0.15, 0.2) is 24.5 Å². The van der Waals surface area contributed by atoms with E-state index in [9.17, 15) is 4.39 Å². The van der Waals surface area contributed by atoms with Gasteiger partial charge in [0.15, 0.2) is 11.6 Å². The highest BCUT2D eigenvalue weighted by molar-refractivity contribution is 5.36. The summed E-state index contributed by atoms with van der Waals surface area (Å²) in [6, 6.07) is 4.09. The van der Waals surface area contributed by atoms with E-state index in [1.807, 2.05) is 0 Å². The van der Waals surface area contributed by atoms with Gasteiger partial charge >= 0.3 is 0 Å². The quantitative estimate of drug-likeness (QED) is 0.666. The van der Waals surface area contributed by atoms with Crippen molar-refractivity contribution in [3.8, 4) is 11.4 Å². The zero-order valence-electron chi connectivity index (χ0n) is 6.03. The first kappa shape index (κ1) is 6.90. The molecule has 0 saturated carbocycles. The van der Waals surface area contributed by atoms with Crippen molar-refractivity contribution in [1.82, 2.24) is 15.0 Å². The van der Waals surface area contributed by atoms with Gasteiger partial charge in [0, 0.05) is 6.07 Å². The molecule has 1 heterocycles. The van der Waals surface area contributed by atoms with Crippen LogP contribution in [0.25, 0.3) is 5.69 Å². The maximum atomic E-state index is 12.8. The maximum Gasteiger partial charge on any atom is 0.166 e. The molecule has 0 bridgehead atoms. The van der Waals surface area contributed by atoms with Crippen LogP contribution in [0, 0.1) is 5.82 Å². The van der Waals surface area contributed by atoms with Crippen LogP contribution in [0.3, 0.4) is 0 Å². The average Bonchev–Trinajstić information content (AvgIpc) is 1.93. The van der Waals surface area contributed by atoms with E-state index in [-0.39, 0.29) is 5.75 Å². The van der Waals surface area contributed by atoms with Gasteiger partial charge in [-0.15, -0.1) is 5.10 Å². The van der Waals surface area contributed by atoms with Gasteiger partial charge in [-0.3, -0.25) is 0 Å². The number of aromatic hydroxyl groups is 1. The molecule has 12 heavy (non-hydrogen) atoms. The Morgan fingerprint density at radius 3 is 2.75 bits per heavy atom. The van der Waals surface area contributed by atoms with Gasteiger partial charge in [0.2, 0.25) is 0 Å². The number of H-pyrrole nitrogens is 1. The van der Waals surface area contributed by atoms with Crippen molar-refractivity contribution in [2.24, 2.45) is 0 Å². The summed E-state index contributed by atoms with van der Waals surface area (Å²) in [7, 11) is 0. The fourth-order valence-corrected chi connectivity index (χ4v) is 0.886. The smallest absolute Gasteiger partial charge is 0.166 e. The van der Waals surface area contributed by atoms with Crippen molar-refractivity contribution in [3.63, 3.8) is 0 Å². The van der Waals surface area contributed by atoms with Crippen LogP contribution in [-0.4, -0.2) is 20.1 Å². The molecule has 2 aromatic rings. The fourth-order valence-electron chi connectivity index (χ4n) is 0.886. The number of benzene rings is 1.